The van der Waals surface area contributed by atoms with Crippen molar-refractivity contribution in [3.8, 4) is 0 Å². The van der Waals surface area contributed by atoms with E-state index in [1.165, 1.54) is 5.56 Å². The number of benzene rings is 1. The molecule has 0 atom stereocenters. The molecule has 2 aromatic rings. The molecule has 0 saturated carbocycles. The summed E-state index contributed by atoms with van der Waals surface area (Å²) in [5.74, 6) is 0.864. The van der Waals surface area contributed by atoms with Gasteiger partial charge >= 0.3 is 0 Å². The van der Waals surface area contributed by atoms with Gasteiger partial charge in [0.1, 0.15) is 5.82 Å². The monoisotopic (exact) mass is 262 g/mol. The molecule has 0 radical (unpaired) electrons. The van der Waals surface area contributed by atoms with Crippen LogP contribution in [0.2, 0.25) is 0 Å². The Bertz CT molecular complexity index is 391. The highest BCUT2D eigenvalue weighted by Crippen LogP contribution is 2.12. The minimum Gasteiger partial charge on any atom is -0.241 e. The van der Waals surface area contributed by atoms with Crippen LogP contribution in [0.1, 0.15) is 17.0 Å². The van der Waals surface area contributed by atoms with Crippen LogP contribution in [0.15, 0.2) is 41.1 Å². The van der Waals surface area contributed by atoms with E-state index < -0.39 is 0 Å². The van der Waals surface area contributed by atoms with Crippen LogP contribution in [0.5, 0.6) is 0 Å². The smallest absolute Gasteiger partial charge is 0.132 e. The van der Waals surface area contributed by atoms with Gasteiger partial charge in [0.2, 0.25) is 0 Å². The standard InChI is InChI=1S/C12H11BrN2/c1-9-7-14-12(15-8-9)6-10-2-4-11(13)5-3-10/h2-5,7-8H,6H2,1H3. The van der Waals surface area contributed by atoms with Crippen LogP contribution in [0.25, 0.3) is 0 Å². The van der Waals surface area contributed by atoms with Crippen LogP contribution in [-0.2, 0) is 6.42 Å². The fourth-order valence-electron chi connectivity index (χ4n) is 1.30. The number of hydrogen-bond donors (Lipinski definition) is 0. The molecule has 0 spiro atoms. The Hall–Kier alpha value is -1.22. The lowest BCUT2D eigenvalue weighted by Crippen LogP contribution is -1.95. The fourth-order valence-corrected chi connectivity index (χ4v) is 1.56. The molecule has 1 aromatic carbocycles. The number of aryl methyl sites for hydroxylation is 1. The van der Waals surface area contributed by atoms with E-state index in [1.54, 1.807) is 0 Å². The fraction of sp³-hybridized carbons (Fsp3) is 0.167. The van der Waals surface area contributed by atoms with Crippen molar-refractivity contribution >= 4 is 15.9 Å². The highest BCUT2D eigenvalue weighted by atomic mass is 79.9. The quantitative estimate of drug-likeness (QED) is 0.831. The van der Waals surface area contributed by atoms with Gasteiger partial charge in [0, 0.05) is 23.3 Å². The molecule has 2 rings (SSSR count). The summed E-state index contributed by atoms with van der Waals surface area (Å²) in [7, 11) is 0. The Balaban J connectivity index is 2.15. The number of halogens is 1. The summed E-state index contributed by atoms with van der Waals surface area (Å²) in [4.78, 5) is 8.55. The van der Waals surface area contributed by atoms with Gasteiger partial charge in [0.25, 0.3) is 0 Å². The van der Waals surface area contributed by atoms with Gasteiger partial charge in [-0.1, -0.05) is 28.1 Å². The molecule has 2 nitrogen and oxygen atoms in total. The average Bonchev–Trinajstić information content (AvgIpc) is 2.25. The minimum absolute atomic E-state index is 0.785. The summed E-state index contributed by atoms with van der Waals surface area (Å²) < 4.78 is 1.09. The highest BCUT2D eigenvalue weighted by Gasteiger charge is 1.98. The summed E-state index contributed by atoms with van der Waals surface area (Å²) in [6.07, 6.45) is 4.48. The Labute approximate surface area is 97.5 Å². The summed E-state index contributed by atoms with van der Waals surface area (Å²) in [6.45, 7) is 1.99. The normalized spacial score (nSPS) is 10.3. The molecule has 0 N–H and O–H groups in total. The molecule has 0 amide bonds. The highest BCUT2D eigenvalue weighted by molar-refractivity contribution is 9.10. The van der Waals surface area contributed by atoms with E-state index in [2.05, 4.69) is 38.0 Å². The Morgan fingerprint density at radius 2 is 1.67 bits per heavy atom. The number of nitrogens with zero attached hydrogens (tertiary/aromatic N) is 2. The van der Waals surface area contributed by atoms with Crippen molar-refractivity contribution < 1.29 is 0 Å². The molecule has 0 saturated heterocycles. The molecule has 0 fully saturated rings. The van der Waals surface area contributed by atoms with Crippen molar-refractivity contribution in [2.24, 2.45) is 0 Å². The zero-order chi connectivity index (χ0) is 10.7. The molecule has 0 unspecified atom stereocenters. The molecule has 1 heterocycles. The van der Waals surface area contributed by atoms with E-state index in [1.807, 2.05) is 31.5 Å². The van der Waals surface area contributed by atoms with Gasteiger partial charge in [0.15, 0.2) is 0 Å². The topological polar surface area (TPSA) is 25.8 Å². The van der Waals surface area contributed by atoms with Gasteiger partial charge < -0.3 is 0 Å². The van der Waals surface area contributed by atoms with Gasteiger partial charge in [0.05, 0.1) is 0 Å². The van der Waals surface area contributed by atoms with Crippen LogP contribution < -0.4 is 0 Å². The van der Waals surface area contributed by atoms with E-state index in [9.17, 15) is 0 Å². The van der Waals surface area contributed by atoms with Crippen LogP contribution in [0.4, 0.5) is 0 Å². The van der Waals surface area contributed by atoms with Crippen LogP contribution in [0, 0.1) is 6.92 Å². The van der Waals surface area contributed by atoms with Gasteiger partial charge in [-0.2, -0.15) is 0 Å². The zero-order valence-electron chi connectivity index (χ0n) is 8.44. The van der Waals surface area contributed by atoms with Crippen LogP contribution >= 0.6 is 15.9 Å². The Kier molecular flexibility index (Phi) is 3.11. The minimum atomic E-state index is 0.785. The maximum atomic E-state index is 4.27. The second-order valence-electron chi connectivity index (χ2n) is 3.48. The predicted molar refractivity (Wildman–Crippen MR) is 63.7 cm³/mol. The second kappa shape index (κ2) is 4.53. The van der Waals surface area contributed by atoms with Crippen molar-refractivity contribution in [1.29, 1.82) is 0 Å². The Morgan fingerprint density at radius 1 is 1.07 bits per heavy atom. The van der Waals surface area contributed by atoms with Crippen molar-refractivity contribution in [1.82, 2.24) is 9.97 Å². The zero-order valence-corrected chi connectivity index (χ0v) is 10.0. The number of aromatic nitrogens is 2. The maximum absolute atomic E-state index is 4.27. The molecule has 3 heteroatoms. The van der Waals surface area contributed by atoms with Crippen molar-refractivity contribution in [2.75, 3.05) is 0 Å². The second-order valence-corrected chi connectivity index (χ2v) is 4.40. The number of hydrogen-bond acceptors (Lipinski definition) is 2. The van der Waals surface area contributed by atoms with E-state index in [0.29, 0.717) is 0 Å². The molecule has 0 aliphatic carbocycles. The van der Waals surface area contributed by atoms with E-state index >= 15 is 0 Å². The number of rotatable bonds is 2. The third-order valence-electron chi connectivity index (χ3n) is 2.11. The SMILES string of the molecule is Cc1cnc(Cc2ccc(Br)cc2)nc1. The maximum Gasteiger partial charge on any atom is 0.132 e. The molecular weight excluding hydrogens is 252 g/mol. The Morgan fingerprint density at radius 3 is 2.27 bits per heavy atom. The van der Waals surface area contributed by atoms with Crippen LogP contribution in [-0.4, -0.2) is 9.97 Å². The lowest BCUT2D eigenvalue weighted by atomic mass is 10.1. The first-order chi connectivity index (χ1) is 7.24. The lowest BCUT2D eigenvalue weighted by Gasteiger charge is -2.00. The van der Waals surface area contributed by atoms with Gasteiger partial charge in [-0.25, -0.2) is 9.97 Å². The molecule has 15 heavy (non-hydrogen) atoms. The van der Waals surface area contributed by atoms with Crippen molar-refractivity contribution in [3.05, 3.63) is 58.1 Å². The van der Waals surface area contributed by atoms with Crippen molar-refractivity contribution in [2.45, 2.75) is 13.3 Å². The van der Waals surface area contributed by atoms with E-state index in [0.717, 1.165) is 22.3 Å². The van der Waals surface area contributed by atoms with Gasteiger partial charge in [-0.05, 0) is 30.2 Å². The summed E-state index contributed by atoms with van der Waals surface area (Å²) >= 11 is 3.41. The largest absolute Gasteiger partial charge is 0.241 e. The first-order valence-corrected chi connectivity index (χ1v) is 5.55. The summed E-state index contributed by atoms with van der Waals surface area (Å²) in [5.41, 5.74) is 2.32. The lowest BCUT2D eigenvalue weighted by molar-refractivity contribution is 0.955. The molecule has 1 aromatic heterocycles. The molecule has 0 bridgehead atoms. The third kappa shape index (κ3) is 2.86. The van der Waals surface area contributed by atoms with E-state index in [-0.39, 0.29) is 0 Å². The summed E-state index contributed by atoms with van der Waals surface area (Å²) in [6, 6.07) is 8.22. The molecule has 0 aliphatic rings. The van der Waals surface area contributed by atoms with Crippen LogP contribution in [0.3, 0.4) is 0 Å². The average molecular weight is 263 g/mol. The van der Waals surface area contributed by atoms with Gasteiger partial charge in [-0.15, -0.1) is 0 Å². The first kappa shape index (κ1) is 10.3. The van der Waals surface area contributed by atoms with Gasteiger partial charge in [-0.3, -0.25) is 0 Å². The predicted octanol–water partition coefficient (Wildman–Crippen LogP) is 3.14. The first-order valence-electron chi connectivity index (χ1n) is 4.76. The van der Waals surface area contributed by atoms with Crippen molar-refractivity contribution in [3.63, 3.8) is 0 Å². The molecule has 0 aliphatic heterocycles. The third-order valence-corrected chi connectivity index (χ3v) is 2.64. The molecule has 76 valence electrons. The van der Waals surface area contributed by atoms with E-state index in [4.69, 9.17) is 0 Å². The summed E-state index contributed by atoms with van der Waals surface area (Å²) in [5, 5.41) is 0. The molecular formula is C12H11BrN2.